The quantitative estimate of drug-likeness (QED) is 0.661. The van der Waals surface area contributed by atoms with Gasteiger partial charge in [-0.2, -0.15) is 0 Å². The monoisotopic (exact) mass is 362 g/mol. The number of ether oxygens (including phenoxy) is 1. The van der Waals surface area contributed by atoms with E-state index >= 15 is 0 Å². The number of amides is 2. The van der Waals surface area contributed by atoms with Crippen LogP contribution in [0.2, 0.25) is 0 Å². The highest BCUT2D eigenvalue weighted by atomic mass is 16.5. The van der Waals surface area contributed by atoms with Crippen LogP contribution in [0.3, 0.4) is 0 Å². The van der Waals surface area contributed by atoms with Crippen molar-refractivity contribution in [1.29, 1.82) is 0 Å². The van der Waals surface area contributed by atoms with Gasteiger partial charge in [-0.3, -0.25) is 9.59 Å². The van der Waals surface area contributed by atoms with Gasteiger partial charge in [-0.25, -0.2) is 4.79 Å². The van der Waals surface area contributed by atoms with Gasteiger partial charge in [-0.15, -0.1) is 0 Å². The van der Waals surface area contributed by atoms with Crippen molar-refractivity contribution >= 4 is 17.8 Å². The van der Waals surface area contributed by atoms with Crippen molar-refractivity contribution in [2.45, 2.75) is 59.7 Å². The minimum absolute atomic E-state index is 0.140. The molecule has 2 amide bonds. The Kier molecular flexibility index (Phi) is 8.82. The molecule has 0 aromatic heterocycles. The van der Waals surface area contributed by atoms with Gasteiger partial charge in [0.05, 0.1) is 0 Å². The van der Waals surface area contributed by atoms with Crippen molar-refractivity contribution in [3.05, 3.63) is 35.9 Å². The Bertz CT molecular complexity index is 599. The summed E-state index contributed by atoms with van der Waals surface area (Å²) in [6.07, 6.45) is 0.495. The smallest absolute Gasteiger partial charge is 0.329 e. The Balaban J connectivity index is 2.73. The lowest BCUT2D eigenvalue weighted by atomic mass is 10.0. The SMILES string of the molecule is CC(=O)N[C@H](CC(C)C)C(=O)N[C@@H](C(=O)OCc1ccccc1)C(C)C. The van der Waals surface area contributed by atoms with E-state index in [1.54, 1.807) is 0 Å². The molecule has 26 heavy (non-hydrogen) atoms. The first kappa shape index (κ1) is 21.7. The van der Waals surface area contributed by atoms with Gasteiger partial charge in [-0.1, -0.05) is 58.0 Å². The van der Waals surface area contributed by atoms with Crippen LogP contribution in [-0.2, 0) is 25.7 Å². The zero-order valence-corrected chi connectivity index (χ0v) is 16.2. The van der Waals surface area contributed by atoms with Crippen LogP contribution in [0.15, 0.2) is 30.3 Å². The predicted octanol–water partition coefficient (Wildman–Crippen LogP) is 2.42. The zero-order chi connectivity index (χ0) is 19.7. The van der Waals surface area contributed by atoms with E-state index in [1.807, 2.05) is 58.0 Å². The Labute approximate surface area is 155 Å². The Morgan fingerprint density at radius 1 is 1.00 bits per heavy atom. The van der Waals surface area contributed by atoms with Gasteiger partial charge in [0.1, 0.15) is 18.7 Å². The lowest BCUT2D eigenvalue weighted by Gasteiger charge is -2.25. The summed E-state index contributed by atoms with van der Waals surface area (Å²) in [5.74, 6) is -1.05. The molecule has 6 nitrogen and oxygen atoms in total. The molecule has 0 heterocycles. The van der Waals surface area contributed by atoms with E-state index in [-0.39, 0.29) is 30.3 Å². The topological polar surface area (TPSA) is 84.5 Å². The molecule has 0 radical (unpaired) electrons. The van der Waals surface area contributed by atoms with Crippen LogP contribution in [0, 0.1) is 11.8 Å². The second-order valence-corrected chi connectivity index (χ2v) is 7.21. The van der Waals surface area contributed by atoms with Gasteiger partial charge < -0.3 is 15.4 Å². The molecule has 0 aliphatic rings. The van der Waals surface area contributed by atoms with Crippen LogP contribution < -0.4 is 10.6 Å². The third-order valence-electron chi connectivity index (χ3n) is 3.84. The summed E-state index contributed by atoms with van der Waals surface area (Å²) in [7, 11) is 0. The highest BCUT2D eigenvalue weighted by Gasteiger charge is 2.29. The summed E-state index contributed by atoms with van der Waals surface area (Å²) < 4.78 is 5.35. The lowest BCUT2D eigenvalue weighted by Crippen LogP contribution is -2.53. The number of benzene rings is 1. The lowest BCUT2D eigenvalue weighted by molar-refractivity contribution is -0.150. The molecule has 0 spiro atoms. The molecule has 144 valence electrons. The third kappa shape index (κ3) is 7.68. The zero-order valence-electron chi connectivity index (χ0n) is 16.2. The van der Waals surface area contributed by atoms with Crippen molar-refractivity contribution in [3.63, 3.8) is 0 Å². The maximum Gasteiger partial charge on any atom is 0.329 e. The van der Waals surface area contributed by atoms with E-state index in [0.717, 1.165) is 5.56 Å². The predicted molar refractivity (Wildman–Crippen MR) is 100 cm³/mol. The summed E-state index contributed by atoms with van der Waals surface area (Å²) in [4.78, 5) is 36.4. The van der Waals surface area contributed by atoms with Gasteiger partial charge >= 0.3 is 5.97 Å². The molecule has 0 unspecified atom stereocenters. The highest BCUT2D eigenvalue weighted by Crippen LogP contribution is 2.10. The first-order chi connectivity index (χ1) is 12.2. The Morgan fingerprint density at radius 3 is 2.12 bits per heavy atom. The fraction of sp³-hybridized carbons (Fsp3) is 0.550. The van der Waals surface area contributed by atoms with Crippen LogP contribution in [0.25, 0.3) is 0 Å². The number of carbonyl (C=O) groups excluding carboxylic acids is 3. The van der Waals surface area contributed by atoms with Crippen molar-refractivity contribution in [2.24, 2.45) is 11.8 Å². The second kappa shape index (κ2) is 10.6. The molecule has 0 fully saturated rings. The van der Waals surface area contributed by atoms with E-state index < -0.39 is 18.1 Å². The Hall–Kier alpha value is -2.37. The molecule has 0 bridgehead atoms. The van der Waals surface area contributed by atoms with E-state index in [0.29, 0.717) is 6.42 Å². The number of esters is 1. The summed E-state index contributed by atoms with van der Waals surface area (Å²) in [6.45, 7) is 9.13. The largest absolute Gasteiger partial charge is 0.459 e. The van der Waals surface area contributed by atoms with E-state index in [9.17, 15) is 14.4 Å². The van der Waals surface area contributed by atoms with Crippen LogP contribution in [0.4, 0.5) is 0 Å². The summed E-state index contributed by atoms with van der Waals surface area (Å²) >= 11 is 0. The van der Waals surface area contributed by atoms with Crippen molar-refractivity contribution in [2.75, 3.05) is 0 Å². The summed E-state index contributed by atoms with van der Waals surface area (Å²) in [6, 6.07) is 7.92. The number of rotatable bonds is 9. The number of nitrogens with one attached hydrogen (secondary N) is 2. The highest BCUT2D eigenvalue weighted by molar-refractivity contribution is 5.90. The van der Waals surface area contributed by atoms with Gasteiger partial charge in [0, 0.05) is 6.92 Å². The normalized spacial score (nSPS) is 13.2. The molecular formula is C20H30N2O4. The van der Waals surface area contributed by atoms with Gasteiger partial charge in [0.2, 0.25) is 11.8 Å². The molecule has 0 aliphatic heterocycles. The molecule has 2 atom stereocenters. The van der Waals surface area contributed by atoms with Gasteiger partial charge in [-0.05, 0) is 23.8 Å². The maximum atomic E-state index is 12.6. The third-order valence-corrected chi connectivity index (χ3v) is 3.84. The van der Waals surface area contributed by atoms with E-state index in [2.05, 4.69) is 10.6 Å². The first-order valence-electron chi connectivity index (χ1n) is 8.98. The fourth-order valence-electron chi connectivity index (χ4n) is 2.52. The van der Waals surface area contributed by atoms with Crippen LogP contribution in [-0.4, -0.2) is 29.9 Å². The van der Waals surface area contributed by atoms with Crippen molar-refractivity contribution < 1.29 is 19.1 Å². The number of hydrogen-bond acceptors (Lipinski definition) is 4. The van der Waals surface area contributed by atoms with E-state index in [1.165, 1.54) is 6.92 Å². The Morgan fingerprint density at radius 2 is 1.62 bits per heavy atom. The molecule has 0 saturated heterocycles. The molecule has 0 aliphatic carbocycles. The molecule has 1 rings (SSSR count). The minimum atomic E-state index is -0.769. The maximum absolute atomic E-state index is 12.6. The first-order valence-corrected chi connectivity index (χ1v) is 8.98. The standard InChI is InChI=1S/C20H30N2O4/c1-13(2)11-17(21-15(5)23)19(24)22-18(14(3)4)20(25)26-12-16-9-7-6-8-10-16/h6-10,13-14,17-18H,11-12H2,1-5H3,(H,21,23)(H,22,24)/t17-,18-/m1/s1. The molecule has 1 aromatic rings. The van der Waals surface area contributed by atoms with Crippen LogP contribution in [0.5, 0.6) is 0 Å². The number of hydrogen-bond donors (Lipinski definition) is 2. The number of carbonyl (C=O) groups is 3. The van der Waals surface area contributed by atoms with Crippen molar-refractivity contribution in [1.82, 2.24) is 10.6 Å². The molecule has 0 saturated carbocycles. The van der Waals surface area contributed by atoms with Crippen LogP contribution >= 0.6 is 0 Å². The summed E-state index contributed by atoms with van der Waals surface area (Å²) in [5, 5.41) is 5.38. The molecule has 6 heteroatoms. The van der Waals surface area contributed by atoms with Crippen molar-refractivity contribution in [3.8, 4) is 0 Å². The molecular weight excluding hydrogens is 332 g/mol. The van der Waals surface area contributed by atoms with E-state index in [4.69, 9.17) is 4.74 Å². The minimum Gasteiger partial charge on any atom is -0.459 e. The van der Waals surface area contributed by atoms with Gasteiger partial charge in [0.25, 0.3) is 0 Å². The molecule has 2 N–H and O–H groups in total. The average Bonchev–Trinajstić information content (AvgIpc) is 2.56. The van der Waals surface area contributed by atoms with Crippen LogP contribution in [0.1, 0.15) is 46.6 Å². The average molecular weight is 362 g/mol. The fourth-order valence-corrected chi connectivity index (χ4v) is 2.52. The second-order valence-electron chi connectivity index (χ2n) is 7.21. The summed E-state index contributed by atoms with van der Waals surface area (Å²) in [5.41, 5.74) is 0.880. The molecule has 1 aromatic carbocycles. The van der Waals surface area contributed by atoms with Gasteiger partial charge in [0.15, 0.2) is 0 Å².